The van der Waals surface area contributed by atoms with Crippen LogP contribution in [-0.2, 0) is 12.6 Å². The smallest absolute Gasteiger partial charge is 0.329 e. The molecule has 2 atom stereocenters. The standard InChI is InChI=1S/C24H17F4N5O3/c25-17-9-16(24(26,27)28)14(11-1-3-18-20(6-11)32-36-31-18)8-19(17)30-23(35)33-13-2-4-21(33)15-10-29-22(34)7-12(15)5-13/h1,3,6-10,13,21H,2,4-5H2,(H,29,34)(H,30,35)/t13-,21?/m0/s1. The summed E-state index contributed by atoms with van der Waals surface area (Å²) in [6, 6.07) is 5.89. The number of H-pyrrole nitrogens is 1. The molecule has 0 saturated carbocycles. The lowest BCUT2D eigenvalue weighted by Gasteiger charge is -2.36. The number of hydrogen-bond acceptors (Lipinski definition) is 5. The van der Waals surface area contributed by atoms with Crippen LogP contribution in [0.25, 0.3) is 22.2 Å². The quantitative estimate of drug-likeness (QED) is 0.377. The van der Waals surface area contributed by atoms with E-state index in [0.29, 0.717) is 30.8 Å². The first-order chi connectivity index (χ1) is 17.2. The average Bonchev–Trinajstić information content (AvgIpc) is 3.42. The molecule has 2 aromatic heterocycles. The monoisotopic (exact) mass is 499 g/mol. The topological polar surface area (TPSA) is 104 Å². The van der Waals surface area contributed by atoms with Crippen LogP contribution in [-0.4, -0.2) is 32.3 Å². The number of nitrogens with zero attached hydrogens (tertiary/aromatic N) is 3. The number of halogens is 4. The maximum absolute atomic E-state index is 14.9. The van der Waals surface area contributed by atoms with Gasteiger partial charge in [-0.05, 0) is 76.1 Å². The van der Waals surface area contributed by atoms with Crippen molar-refractivity contribution in [2.45, 2.75) is 37.5 Å². The zero-order valence-corrected chi connectivity index (χ0v) is 18.4. The maximum Gasteiger partial charge on any atom is 0.417 e. The Morgan fingerprint density at radius 1 is 1.11 bits per heavy atom. The van der Waals surface area contributed by atoms with Gasteiger partial charge < -0.3 is 15.2 Å². The van der Waals surface area contributed by atoms with Crippen molar-refractivity contribution in [3.8, 4) is 11.1 Å². The minimum absolute atomic E-state index is 0.108. The Morgan fingerprint density at radius 3 is 2.72 bits per heavy atom. The highest BCUT2D eigenvalue weighted by Crippen LogP contribution is 2.44. The van der Waals surface area contributed by atoms with Crippen molar-refractivity contribution in [1.82, 2.24) is 20.2 Å². The third-order valence-corrected chi connectivity index (χ3v) is 6.82. The van der Waals surface area contributed by atoms with Crippen molar-refractivity contribution in [3.05, 3.63) is 75.5 Å². The van der Waals surface area contributed by atoms with Gasteiger partial charge in [0.2, 0.25) is 5.56 Å². The molecule has 0 radical (unpaired) electrons. The van der Waals surface area contributed by atoms with E-state index >= 15 is 0 Å². The first-order valence-corrected chi connectivity index (χ1v) is 11.1. The van der Waals surface area contributed by atoms with E-state index in [2.05, 4.69) is 25.2 Å². The number of aromatic nitrogens is 3. The Labute approximate surface area is 199 Å². The van der Waals surface area contributed by atoms with Crippen molar-refractivity contribution in [1.29, 1.82) is 0 Å². The zero-order valence-electron chi connectivity index (χ0n) is 18.4. The number of alkyl halides is 3. The lowest BCUT2D eigenvalue weighted by molar-refractivity contribution is -0.137. The Bertz CT molecular complexity index is 1580. The molecule has 2 N–H and O–H groups in total. The zero-order chi connectivity index (χ0) is 25.2. The minimum Gasteiger partial charge on any atom is -0.329 e. The summed E-state index contributed by atoms with van der Waals surface area (Å²) in [6.07, 6.45) is -1.45. The van der Waals surface area contributed by atoms with Gasteiger partial charge in [-0.1, -0.05) is 6.07 Å². The summed E-state index contributed by atoms with van der Waals surface area (Å²) >= 11 is 0. The molecular formula is C24H17F4N5O3. The van der Waals surface area contributed by atoms with Crippen LogP contribution in [0.15, 0.2) is 52.0 Å². The van der Waals surface area contributed by atoms with Gasteiger partial charge in [-0.15, -0.1) is 0 Å². The van der Waals surface area contributed by atoms with Crippen LogP contribution in [0.5, 0.6) is 0 Å². The number of carbonyl (C=O) groups is 1. The van der Waals surface area contributed by atoms with Crippen molar-refractivity contribution < 1.29 is 27.0 Å². The molecule has 6 rings (SSSR count). The highest BCUT2D eigenvalue weighted by atomic mass is 19.4. The molecule has 1 unspecified atom stereocenters. The predicted octanol–water partition coefficient (Wildman–Crippen LogP) is 5.03. The van der Waals surface area contributed by atoms with Crippen LogP contribution in [0.4, 0.5) is 28.0 Å². The van der Waals surface area contributed by atoms with Crippen molar-refractivity contribution in [2.24, 2.45) is 0 Å². The van der Waals surface area contributed by atoms with Crippen molar-refractivity contribution >= 4 is 22.8 Å². The van der Waals surface area contributed by atoms with Crippen LogP contribution >= 0.6 is 0 Å². The summed E-state index contributed by atoms with van der Waals surface area (Å²) in [4.78, 5) is 29.1. The van der Waals surface area contributed by atoms with E-state index in [1.165, 1.54) is 24.3 Å². The number of hydrogen-bond donors (Lipinski definition) is 2. The number of anilines is 1. The molecule has 1 saturated heterocycles. The highest BCUT2D eigenvalue weighted by Gasteiger charge is 2.43. The minimum atomic E-state index is -4.84. The van der Waals surface area contributed by atoms with Gasteiger partial charge in [0.15, 0.2) is 0 Å². The normalized spacial score (nSPS) is 18.9. The Kier molecular flexibility index (Phi) is 4.88. The molecule has 4 heterocycles. The fourth-order valence-corrected chi connectivity index (χ4v) is 5.23. The van der Waals surface area contributed by atoms with Crippen LogP contribution in [0.1, 0.15) is 35.6 Å². The van der Waals surface area contributed by atoms with Gasteiger partial charge in [0.05, 0.1) is 17.3 Å². The molecular weight excluding hydrogens is 482 g/mol. The maximum atomic E-state index is 14.9. The molecule has 0 spiro atoms. The first-order valence-electron chi connectivity index (χ1n) is 11.1. The molecule has 8 nitrogen and oxygen atoms in total. The number of fused-ring (bicyclic) bond motifs is 5. The van der Waals surface area contributed by atoms with Crippen LogP contribution in [0.2, 0.25) is 0 Å². The number of nitrogens with one attached hydrogen (secondary N) is 2. The average molecular weight is 499 g/mol. The van der Waals surface area contributed by atoms with Crippen LogP contribution < -0.4 is 10.9 Å². The van der Waals surface area contributed by atoms with Gasteiger partial charge in [0.1, 0.15) is 16.9 Å². The van der Waals surface area contributed by atoms with Gasteiger partial charge in [0.25, 0.3) is 0 Å². The summed E-state index contributed by atoms with van der Waals surface area (Å²) in [7, 11) is 0. The fourth-order valence-electron chi connectivity index (χ4n) is 5.23. The molecule has 12 heteroatoms. The number of benzene rings is 2. The van der Waals surface area contributed by atoms with E-state index in [1.807, 2.05) is 0 Å². The fraction of sp³-hybridized carbons (Fsp3) is 0.250. The number of urea groups is 1. The van der Waals surface area contributed by atoms with Crippen molar-refractivity contribution in [2.75, 3.05) is 5.32 Å². The molecule has 0 aliphatic carbocycles. The number of rotatable bonds is 2. The number of carbonyl (C=O) groups excluding carboxylic acids is 1. The SMILES string of the molecule is O=C(Nc1cc(-c2ccc3nonc3c2)c(C(F)(F)F)cc1F)N1C2CC[C@H]1Cc1cc(=O)[nH]cc12. The van der Waals surface area contributed by atoms with E-state index in [9.17, 15) is 27.2 Å². The highest BCUT2D eigenvalue weighted by molar-refractivity contribution is 5.92. The number of aromatic amines is 1. The molecule has 2 aliphatic rings. The summed E-state index contributed by atoms with van der Waals surface area (Å²) in [5.41, 5.74) is 0.230. The molecule has 1 fully saturated rings. The molecule has 4 aromatic rings. The third-order valence-electron chi connectivity index (χ3n) is 6.82. The Hall–Kier alpha value is -4.22. The molecule has 2 amide bonds. The Morgan fingerprint density at radius 2 is 1.92 bits per heavy atom. The van der Waals surface area contributed by atoms with E-state index in [4.69, 9.17) is 0 Å². The summed E-state index contributed by atoms with van der Waals surface area (Å²) in [5.74, 6) is -1.21. The largest absolute Gasteiger partial charge is 0.417 e. The Balaban J connectivity index is 1.37. The molecule has 36 heavy (non-hydrogen) atoms. The second-order valence-corrected chi connectivity index (χ2v) is 8.91. The third kappa shape index (κ3) is 3.60. The molecule has 2 aromatic carbocycles. The lowest BCUT2D eigenvalue weighted by Crippen LogP contribution is -2.44. The van der Waals surface area contributed by atoms with Gasteiger partial charge in [-0.2, -0.15) is 13.2 Å². The van der Waals surface area contributed by atoms with Gasteiger partial charge in [-0.25, -0.2) is 13.8 Å². The van der Waals surface area contributed by atoms with E-state index in [1.54, 1.807) is 11.1 Å². The predicted molar refractivity (Wildman–Crippen MR) is 120 cm³/mol. The van der Waals surface area contributed by atoms with Gasteiger partial charge in [0, 0.05) is 18.3 Å². The summed E-state index contributed by atoms with van der Waals surface area (Å²) < 4.78 is 60.9. The second-order valence-electron chi connectivity index (χ2n) is 8.91. The van der Waals surface area contributed by atoms with Crippen LogP contribution in [0, 0.1) is 5.82 Å². The summed E-state index contributed by atoms with van der Waals surface area (Å²) in [5, 5.41) is 9.76. The van der Waals surface area contributed by atoms with Crippen molar-refractivity contribution in [3.63, 3.8) is 0 Å². The molecule has 2 bridgehead atoms. The number of amides is 2. The lowest BCUT2D eigenvalue weighted by atomic mass is 9.95. The van der Waals surface area contributed by atoms with E-state index in [-0.39, 0.29) is 40.0 Å². The first kappa shape index (κ1) is 22.3. The van der Waals surface area contributed by atoms with E-state index in [0.717, 1.165) is 17.2 Å². The van der Waals surface area contributed by atoms with Gasteiger partial charge in [-0.3, -0.25) is 4.79 Å². The molecule has 184 valence electrons. The molecule has 2 aliphatic heterocycles. The number of pyridine rings is 1. The van der Waals surface area contributed by atoms with Gasteiger partial charge >= 0.3 is 12.2 Å². The van der Waals surface area contributed by atoms with E-state index < -0.39 is 23.6 Å². The summed E-state index contributed by atoms with van der Waals surface area (Å²) in [6.45, 7) is 0. The van der Waals surface area contributed by atoms with Crippen LogP contribution in [0.3, 0.4) is 0 Å². The second kappa shape index (κ2) is 7.90.